The van der Waals surface area contributed by atoms with E-state index in [9.17, 15) is 10.2 Å². The Hall–Kier alpha value is -0.900. The summed E-state index contributed by atoms with van der Waals surface area (Å²) in [7, 11) is 0. The molecule has 1 heterocycles. The van der Waals surface area contributed by atoms with Crippen LogP contribution in [0.15, 0.2) is 36.0 Å². The molecule has 1 aliphatic heterocycles. The molecule has 94 valence electrons. The highest BCUT2D eigenvalue weighted by Crippen LogP contribution is 2.39. The fourth-order valence-corrected chi connectivity index (χ4v) is 2.74. The van der Waals surface area contributed by atoms with Crippen LogP contribution in [-0.2, 0) is 0 Å². The lowest BCUT2D eigenvalue weighted by Crippen LogP contribution is -2.64. The van der Waals surface area contributed by atoms with Gasteiger partial charge >= 0.3 is 0 Å². The van der Waals surface area contributed by atoms with E-state index in [1.807, 2.05) is 44.2 Å². The molecular weight excluding hydrogens is 214 g/mol. The van der Waals surface area contributed by atoms with E-state index in [0.717, 1.165) is 18.5 Å². The molecule has 3 N–H and O–H groups in total. The molecule has 1 fully saturated rings. The number of piperidine rings is 1. The smallest absolute Gasteiger partial charge is 0.134 e. The van der Waals surface area contributed by atoms with Crippen LogP contribution in [0, 0.1) is 5.92 Å². The molecule has 4 atom stereocenters. The number of rotatable bonds is 2. The summed E-state index contributed by atoms with van der Waals surface area (Å²) in [4.78, 5) is 0. The summed E-state index contributed by atoms with van der Waals surface area (Å²) in [6.07, 6.45) is 9.67. The van der Waals surface area contributed by atoms with Gasteiger partial charge in [0.05, 0.1) is 12.1 Å². The number of hydrogen-bond acceptors (Lipinski definition) is 3. The number of fused-ring (bicyclic) bond motifs is 1. The van der Waals surface area contributed by atoms with E-state index in [4.69, 9.17) is 0 Å². The molecular formula is C14H21NO2. The maximum absolute atomic E-state index is 10.8. The minimum atomic E-state index is -1.17. The van der Waals surface area contributed by atoms with Gasteiger partial charge in [0, 0.05) is 12.5 Å². The molecule has 0 amide bonds. The van der Waals surface area contributed by atoms with Crippen molar-refractivity contribution in [1.29, 1.82) is 0 Å². The highest BCUT2D eigenvalue weighted by atomic mass is 16.3. The van der Waals surface area contributed by atoms with Crippen molar-refractivity contribution >= 4 is 0 Å². The van der Waals surface area contributed by atoms with Crippen LogP contribution in [0.2, 0.25) is 0 Å². The normalized spacial score (nSPS) is 43.5. The van der Waals surface area contributed by atoms with Gasteiger partial charge in [-0.15, -0.1) is 0 Å². The summed E-state index contributed by atoms with van der Waals surface area (Å²) < 4.78 is 0. The lowest BCUT2D eigenvalue weighted by atomic mass is 9.75. The zero-order valence-electron chi connectivity index (χ0n) is 10.4. The molecule has 0 aromatic carbocycles. The largest absolute Gasteiger partial charge is 0.389 e. The Kier molecular flexibility index (Phi) is 3.52. The number of aliphatic hydroxyl groups is 2. The number of allylic oxidation sites excluding steroid dienone is 3. The predicted molar refractivity (Wildman–Crippen MR) is 68.6 cm³/mol. The fraction of sp³-hybridized carbons (Fsp3) is 0.571. The molecule has 0 saturated carbocycles. The van der Waals surface area contributed by atoms with Crippen molar-refractivity contribution in [1.82, 2.24) is 5.32 Å². The Morgan fingerprint density at radius 1 is 1.59 bits per heavy atom. The van der Waals surface area contributed by atoms with Gasteiger partial charge in [0.25, 0.3) is 0 Å². The topological polar surface area (TPSA) is 52.5 Å². The van der Waals surface area contributed by atoms with Gasteiger partial charge in [-0.3, -0.25) is 0 Å². The SMILES string of the molecule is C/C=C/C=C1\C=C[C@@H]2NC[C@H](CC)[C@H](O)[C@]12O. The van der Waals surface area contributed by atoms with Gasteiger partial charge in [0.2, 0.25) is 0 Å². The third-order valence-electron chi connectivity index (χ3n) is 3.89. The Balaban J connectivity index is 2.32. The van der Waals surface area contributed by atoms with Gasteiger partial charge in [0.1, 0.15) is 5.60 Å². The highest BCUT2D eigenvalue weighted by Gasteiger charge is 2.52. The van der Waals surface area contributed by atoms with Crippen molar-refractivity contribution in [2.24, 2.45) is 5.92 Å². The van der Waals surface area contributed by atoms with Crippen LogP contribution >= 0.6 is 0 Å². The second kappa shape index (κ2) is 4.77. The summed E-state index contributed by atoms with van der Waals surface area (Å²) in [6, 6.07) is -0.170. The average molecular weight is 235 g/mol. The van der Waals surface area contributed by atoms with E-state index < -0.39 is 11.7 Å². The standard InChI is InChI=1S/C14H21NO2/c1-3-5-6-11-7-8-12-14(11,17)13(16)10(4-2)9-15-12/h3,5-8,10,12-13,15-17H,4,9H2,1-2H3/b5-3+,11-6+/t10-,12-,13-,14-/m0/s1. The summed E-state index contributed by atoms with van der Waals surface area (Å²) in [5, 5.41) is 24.5. The van der Waals surface area contributed by atoms with E-state index in [1.54, 1.807) is 0 Å². The van der Waals surface area contributed by atoms with Crippen LogP contribution in [0.1, 0.15) is 20.3 Å². The lowest BCUT2D eigenvalue weighted by molar-refractivity contribution is -0.103. The molecule has 2 rings (SSSR count). The van der Waals surface area contributed by atoms with Crippen LogP contribution in [0.3, 0.4) is 0 Å². The van der Waals surface area contributed by atoms with Gasteiger partial charge < -0.3 is 15.5 Å². The molecule has 2 aliphatic rings. The summed E-state index contributed by atoms with van der Waals surface area (Å²) in [5.74, 6) is 0.102. The van der Waals surface area contributed by atoms with Gasteiger partial charge in [-0.1, -0.05) is 37.3 Å². The van der Waals surface area contributed by atoms with E-state index >= 15 is 0 Å². The van der Waals surface area contributed by atoms with Gasteiger partial charge in [-0.25, -0.2) is 0 Å². The van der Waals surface area contributed by atoms with Crippen LogP contribution < -0.4 is 5.32 Å². The van der Waals surface area contributed by atoms with Crippen molar-refractivity contribution in [3.63, 3.8) is 0 Å². The maximum atomic E-state index is 10.8. The zero-order valence-corrected chi connectivity index (χ0v) is 10.4. The summed E-state index contributed by atoms with van der Waals surface area (Å²) >= 11 is 0. The second-order valence-electron chi connectivity index (χ2n) is 4.83. The van der Waals surface area contributed by atoms with Crippen molar-refractivity contribution in [2.75, 3.05) is 6.54 Å². The highest BCUT2D eigenvalue weighted by molar-refractivity contribution is 5.45. The Morgan fingerprint density at radius 3 is 3.00 bits per heavy atom. The van der Waals surface area contributed by atoms with E-state index in [0.29, 0.717) is 0 Å². The second-order valence-corrected chi connectivity index (χ2v) is 4.83. The molecule has 0 aromatic heterocycles. The number of hydrogen-bond donors (Lipinski definition) is 3. The molecule has 3 heteroatoms. The van der Waals surface area contributed by atoms with E-state index in [1.165, 1.54) is 0 Å². The maximum Gasteiger partial charge on any atom is 0.134 e. The quantitative estimate of drug-likeness (QED) is 0.673. The van der Waals surface area contributed by atoms with E-state index in [2.05, 4.69) is 5.32 Å². The molecule has 17 heavy (non-hydrogen) atoms. The summed E-state index contributed by atoms with van der Waals surface area (Å²) in [5.41, 5.74) is -0.378. The van der Waals surface area contributed by atoms with Crippen LogP contribution in [0.5, 0.6) is 0 Å². The first-order valence-electron chi connectivity index (χ1n) is 6.30. The molecule has 0 unspecified atom stereocenters. The van der Waals surface area contributed by atoms with Crippen LogP contribution in [-0.4, -0.2) is 34.5 Å². The fourth-order valence-electron chi connectivity index (χ4n) is 2.74. The number of aliphatic hydroxyl groups excluding tert-OH is 1. The molecule has 0 radical (unpaired) electrons. The average Bonchev–Trinajstić information content (AvgIpc) is 2.66. The lowest BCUT2D eigenvalue weighted by Gasteiger charge is -2.44. The minimum Gasteiger partial charge on any atom is -0.389 e. The van der Waals surface area contributed by atoms with Crippen molar-refractivity contribution in [3.8, 4) is 0 Å². The van der Waals surface area contributed by atoms with Crippen LogP contribution in [0.25, 0.3) is 0 Å². The monoisotopic (exact) mass is 235 g/mol. The molecule has 3 nitrogen and oxygen atoms in total. The molecule has 0 spiro atoms. The Bertz CT molecular complexity index is 372. The van der Waals surface area contributed by atoms with Crippen molar-refractivity contribution in [3.05, 3.63) is 36.0 Å². The Labute approximate surface area is 103 Å². The Morgan fingerprint density at radius 2 is 2.35 bits per heavy atom. The first kappa shape index (κ1) is 12.6. The molecule has 0 bridgehead atoms. The molecule has 1 aliphatic carbocycles. The van der Waals surface area contributed by atoms with Gasteiger partial charge in [-0.2, -0.15) is 0 Å². The zero-order chi connectivity index (χ0) is 12.5. The van der Waals surface area contributed by atoms with Gasteiger partial charge in [0.15, 0.2) is 0 Å². The van der Waals surface area contributed by atoms with Crippen molar-refractivity contribution in [2.45, 2.75) is 38.0 Å². The minimum absolute atomic E-state index is 0.102. The van der Waals surface area contributed by atoms with Gasteiger partial charge in [-0.05, 0) is 18.9 Å². The molecule has 0 aromatic rings. The predicted octanol–water partition coefficient (Wildman–Crippen LogP) is 1.15. The third-order valence-corrected chi connectivity index (χ3v) is 3.89. The first-order chi connectivity index (χ1) is 8.14. The van der Waals surface area contributed by atoms with E-state index in [-0.39, 0.29) is 12.0 Å². The number of nitrogens with one attached hydrogen (secondary N) is 1. The first-order valence-corrected chi connectivity index (χ1v) is 6.30. The van der Waals surface area contributed by atoms with Crippen LogP contribution in [0.4, 0.5) is 0 Å². The molecule has 1 saturated heterocycles. The van der Waals surface area contributed by atoms with Crippen molar-refractivity contribution < 1.29 is 10.2 Å². The summed E-state index contributed by atoms with van der Waals surface area (Å²) in [6.45, 7) is 4.73. The third kappa shape index (κ3) is 1.88.